The van der Waals surface area contributed by atoms with Crippen molar-refractivity contribution in [1.82, 2.24) is 0 Å². The Morgan fingerprint density at radius 1 is 1.15 bits per heavy atom. The number of rotatable bonds is 4. The first-order valence-electron chi connectivity index (χ1n) is 5.96. The van der Waals surface area contributed by atoms with Crippen LogP contribution < -0.4 is 4.74 Å². The standard InChI is InChI=1S/C15H13Cl2NO2/c1-10(18-19)11-5-7-13(8-6-11)20-9-12-3-2-4-14(16)15(12)17/h2-8,19H,9H2,1H3/b18-10-. The van der Waals surface area contributed by atoms with E-state index in [4.69, 9.17) is 33.1 Å². The molecule has 0 saturated carbocycles. The third-order valence-electron chi connectivity index (χ3n) is 2.85. The Morgan fingerprint density at radius 3 is 2.50 bits per heavy atom. The highest BCUT2D eigenvalue weighted by Crippen LogP contribution is 2.26. The number of ether oxygens (including phenoxy) is 1. The maximum Gasteiger partial charge on any atom is 0.119 e. The number of hydrogen-bond donors (Lipinski definition) is 1. The van der Waals surface area contributed by atoms with Gasteiger partial charge in [0, 0.05) is 5.56 Å². The van der Waals surface area contributed by atoms with Crippen molar-refractivity contribution in [2.75, 3.05) is 0 Å². The predicted octanol–water partition coefficient (Wildman–Crippen LogP) is 4.77. The lowest BCUT2D eigenvalue weighted by atomic mass is 10.1. The Hall–Kier alpha value is -1.71. The lowest BCUT2D eigenvalue weighted by molar-refractivity contribution is 0.306. The van der Waals surface area contributed by atoms with Crippen LogP contribution >= 0.6 is 23.2 Å². The summed E-state index contributed by atoms with van der Waals surface area (Å²) in [7, 11) is 0. The molecule has 1 N–H and O–H groups in total. The van der Waals surface area contributed by atoms with Crippen molar-refractivity contribution in [3.05, 3.63) is 63.6 Å². The Morgan fingerprint density at radius 2 is 1.85 bits per heavy atom. The molecule has 0 spiro atoms. The van der Waals surface area contributed by atoms with Crippen molar-refractivity contribution < 1.29 is 9.94 Å². The molecule has 104 valence electrons. The van der Waals surface area contributed by atoms with Crippen molar-refractivity contribution >= 4 is 28.9 Å². The van der Waals surface area contributed by atoms with Crippen LogP contribution in [0.15, 0.2) is 47.6 Å². The summed E-state index contributed by atoms with van der Waals surface area (Å²) in [6, 6.07) is 12.7. The molecule has 0 aliphatic heterocycles. The lowest BCUT2D eigenvalue weighted by Crippen LogP contribution is -1.98. The highest BCUT2D eigenvalue weighted by atomic mass is 35.5. The fraction of sp³-hybridized carbons (Fsp3) is 0.133. The van der Waals surface area contributed by atoms with E-state index < -0.39 is 0 Å². The van der Waals surface area contributed by atoms with E-state index in [1.165, 1.54) is 0 Å². The first-order chi connectivity index (χ1) is 9.61. The third-order valence-corrected chi connectivity index (χ3v) is 3.71. The zero-order valence-electron chi connectivity index (χ0n) is 10.8. The van der Waals surface area contributed by atoms with Gasteiger partial charge >= 0.3 is 0 Å². The highest BCUT2D eigenvalue weighted by Gasteiger charge is 2.05. The van der Waals surface area contributed by atoms with E-state index in [0.717, 1.165) is 11.1 Å². The van der Waals surface area contributed by atoms with Crippen LogP contribution in [0.1, 0.15) is 18.1 Å². The molecule has 3 nitrogen and oxygen atoms in total. The van der Waals surface area contributed by atoms with Crippen LogP contribution in [-0.4, -0.2) is 10.9 Å². The molecule has 0 aliphatic rings. The molecule has 0 aliphatic carbocycles. The second kappa shape index (κ2) is 6.64. The summed E-state index contributed by atoms with van der Waals surface area (Å²) in [5.74, 6) is 0.704. The van der Waals surface area contributed by atoms with Gasteiger partial charge in [-0.1, -0.05) is 40.5 Å². The van der Waals surface area contributed by atoms with Gasteiger partial charge in [0.25, 0.3) is 0 Å². The molecule has 0 heterocycles. The number of halogens is 2. The van der Waals surface area contributed by atoms with Gasteiger partial charge in [0.2, 0.25) is 0 Å². The normalized spacial score (nSPS) is 11.4. The quantitative estimate of drug-likeness (QED) is 0.502. The molecule has 0 fully saturated rings. The van der Waals surface area contributed by atoms with Crippen molar-refractivity contribution in [3.63, 3.8) is 0 Å². The van der Waals surface area contributed by atoms with Gasteiger partial charge in [0.15, 0.2) is 0 Å². The van der Waals surface area contributed by atoms with Gasteiger partial charge < -0.3 is 9.94 Å². The minimum atomic E-state index is 0.339. The van der Waals surface area contributed by atoms with Crippen LogP contribution in [0.4, 0.5) is 0 Å². The van der Waals surface area contributed by atoms with E-state index in [1.54, 1.807) is 13.0 Å². The Balaban J connectivity index is 2.06. The van der Waals surface area contributed by atoms with Gasteiger partial charge in [-0.2, -0.15) is 0 Å². The van der Waals surface area contributed by atoms with Crippen LogP contribution in [-0.2, 0) is 6.61 Å². The Labute approximate surface area is 127 Å². The van der Waals surface area contributed by atoms with Crippen molar-refractivity contribution in [3.8, 4) is 5.75 Å². The van der Waals surface area contributed by atoms with Crippen LogP contribution in [0.2, 0.25) is 10.0 Å². The van der Waals surface area contributed by atoms with Gasteiger partial charge in [-0.25, -0.2) is 0 Å². The Bertz CT molecular complexity index is 624. The molecular weight excluding hydrogens is 297 g/mol. The summed E-state index contributed by atoms with van der Waals surface area (Å²) in [6.45, 7) is 2.06. The van der Waals surface area contributed by atoms with E-state index in [1.807, 2.05) is 36.4 Å². The summed E-state index contributed by atoms with van der Waals surface area (Å²) in [4.78, 5) is 0. The summed E-state index contributed by atoms with van der Waals surface area (Å²) in [6.07, 6.45) is 0. The van der Waals surface area contributed by atoms with Crippen molar-refractivity contribution in [2.45, 2.75) is 13.5 Å². The average molecular weight is 310 g/mol. The number of benzene rings is 2. The van der Waals surface area contributed by atoms with Gasteiger partial charge in [0.1, 0.15) is 12.4 Å². The first kappa shape index (κ1) is 14.7. The van der Waals surface area contributed by atoms with Gasteiger partial charge in [0.05, 0.1) is 15.8 Å². The molecule has 0 aromatic heterocycles. The van der Waals surface area contributed by atoms with E-state index in [9.17, 15) is 0 Å². The molecule has 2 aromatic carbocycles. The monoisotopic (exact) mass is 309 g/mol. The molecule has 5 heteroatoms. The molecule has 0 radical (unpaired) electrons. The molecule has 0 atom stereocenters. The maximum atomic E-state index is 8.70. The summed E-state index contributed by atoms with van der Waals surface area (Å²) < 4.78 is 5.65. The zero-order chi connectivity index (χ0) is 14.5. The number of oxime groups is 1. The molecule has 0 bridgehead atoms. The first-order valence-corrected chi connectivity index (χ1v) is 6.72. The zero-order valence-corrected chi connectivity index (χ0v) is 12.3. The van der Waals surface area contributed by atoms with Gasteiger partial charge in [-0.15, -0.1) is 0 Å². The van der Waals surface area contributed by atoms with E-state index >= 15 is 0 Å². The van der Waals surface area contributed by atoms with Crippen LogP contribution in [0, 0.1) is 0 Å². The van der Waals surface area contributed by atoms with Crippen molar-refractivity contribution in [1.29, 1.82) is 0 Å². The predicted molar refractivity (Wildman–Crippen MR) is 81.2 cm³/mol. The van der Waals surface area contributed by atoms with E-state index in [-0.39, 0.29) is 0 Å². The Kier molecular flexibility index (Phi) is 4.88. The molecule has 0 saturated heterocycles. The molecule has 0 amide bonds. The van der Waals surface area contributed by atoms with Crippen LogP contribution in [0.5, 0.6) is 5.75 Å². The highest BCUT2D eigenvalue weighted by molar-refractivity contribution is 6.42. The largest absolute Gasteiger partial charge is 0.489 e. The third kappa shape index (κ3) is 3.44. The van der Waals surface area contributed by atoms with E-state index in [0.29, 0.717) is 28.1 Å². The minimum absolute atomic E-state index is 0.339. The van der Waals surface area contributed by atoms with Crippen LogP contribution in [0.25, 0.3) is 0 Å². The van der Waals surface area contributed by atoms with Gasteiger partial charge in [-0.3, -0.25) is 0 Å². The second-order valence-electron chi connectivity index (χ2n) is 4.21. The topological polar surface area (TPSA) is 41.8 Å². The van der Waals surface area contributed by atoms with Crippen molar-refractivity contribution in [2.24, 2.45) is 5.16 Å². The van der Waals surface area contributed by atoms with Gasteiger partial charge in [-0.05, 0) is 42.8 Å². The summed E-state index contributed by atoms with van der Waals surface area (Å²) in [5.41, 5.74) is 2.21. The number of nitrogens with zero attached hydrogens (tertiary/aromatic N) is 1. The lowest BCUT2D eigenvalue weighted by Gasteiger charge is -2.09. The summed E-state index contributed by atoms with van der Waals surface area (Å²) in [5, 5.41) is 12.9. The second-order valence-corrected chi connectivity index (χ2v) is 5.00. The molecule has 2 aromatic rings. The minimum Gasteiger partial charge on any atom is -0.489 e. The van der Waals surface area contributed by atoms with E-state index in [2.05, 4.69) is 5.16 Å². The maximum absolute atomic E-state index is 8.70. The molecule has 0 unspecified atom stereocenters. The number of hydrogen-bond acceptors (Lipinski definition) is 3. The fourth-order valence-electron chi connectivity index (χ4n) is 1.67. The molecule has 2 rings (SSSR count). The molecule has 20 heavy (non-hydrogen) atoms. The SMILES string of the molecule is C/C(=N/O)c1ccc(OCc2cccc(Cl)c2Cl)cc1. The van der Waals surface area contributed by atoms with Crippen LogP contribution in [0.3, 0.4) is 0 Å². The average Bonchev–Trinajstić information content (AvgIpc) is 2.48. The smallest absolute Gasteiger partial charge is 0.119 e. The fourth-order valence-corrected chi connectivity index (χ4v) is 2.05. The summed E-state index contributed by atoms with van der Waals surface area (Å²) >= 11 is 12.0. The molecular formula is C15H13Cl2NO2.